The summed E-state index contributed by atoms with van der Waals surface area (Å²) in [5.41, 5.74) is 2.29. The molecular weight excluding hydrogens is 454 g/mol. The van der Waals surface area contributed by atoms with Crippen molar-refractivity contribution >= 4 is 40.0 Å². The van der Waals surface area contributed by atoms with Gasteiger partial charge in [-0.2, -0.15) is 5.10 Å². The van der Waals surface area contributed by atoms with Crippen LogP contribution in [0, 0.1) is 13.8 Å². The summed E-state index contributed by atoms with van der Waals surface area (Å²) in [6.07, 6.45) is 2.21. The first-order chi connectivity index (χ1) is 16.3. The lowest BCUT2D eigenvalue weighted by Gasteiger charge is -2.32. The highest BCUT2D eigenvalue weighted by Crippen LogP contribution is 2.35. The molecule has 0 aliphatic carbocycles. The Bertz CT molecular complexity index is 1290. The molecule has 178 valence electrons. The largest absolute Gasteiger partial charge is 0.488 e. The van der Waals surface area contributed by atoms with Gasteiger partial charge >= 0.3 is 0 Å². The molecule has 0 radical (unpaired) electrons. The lowest BCUT2D eigenvalue weighted by Crippen LogP contribution is -2.41. The Morgan fingerprint density at radius 2 is 1.94 bits per heavy atom. The number of hydrogen-bond acceptors (Lipinski definition) is 7. The number of imide groups is 1. The molecule has 0 bridgehead atoms. The van der Waals surface area contributed by atoms with Crippen LogP contribution in [0.3, 0.4) is 0 Å². The minimum absolute atomic E-state index is 0.0205. The first-order valence-electron chi connectivity index (χ1n) is 11.5. The first-order valence-corrected chi connectivity index (χ1v) is 12.3. The van der Waals surface area contributed by atoms with Crippen LogP contribution in [0.2, 0.25) is 0 Å². The maximum Gasteiger partial charge on any atom is 0.265 e. The Kier molecular flexibility index (Phi) is 5.85. The van der Waals surface area contributed by atoms with E-state index >= 15 is 0 Å². The van der Waals surface area contributed by atoms with Crippen LogP contribution in [0.4, 0.5) is 0 Å². The molecule has 2 aliphatic heterocycles. The van der Waals surface area contributed by atoms with Crippen molar-refractivity contribution in [2.45, 2.75) is 51.6 Å². The number of hydrogen-bond donors (Lipinski definition) is 1. The average Bonchev–Trinajstić information content (AvgIpc) is 3.32. The van der Waals surface area contributed by atoms with Crippen molar-refractivity contribution in [1.82, 2.24) is 25.0 Å². The molecule has 1 aromatic carbocycles. The maximum absolute atomic E-state index is 12.9. The summed E-state index contributed by atoms with van der Waals surface area (Å²) >= 11 is 1.45. The van der Waals surface area contributed by atoms with Crippen molar-refractivity contribution in [3.8, 4) is 5.75 Å². The van der Waals surface area contributed by atoms with Crippen LogP contribution < -0.4 is 10.1 Å². The van der Waals surface area contributed by atoms with E-state index in [1.54, 1.807) is 4.68 Å². The van der Waals surface area contributed by atoms with Crippen LogP contribution in [0.5, 0.6) is 5.75 Å². The van der Waals surface area contributed by atoms with Crippen molar-refractivity contribution in [2.24, 2.45) is 7.05 Å². The zero-order valence-electron chi connectivity index (χ0n) is 19.5. The Hall–Kier alpha value is -3.27. The van der Waals surface area contributed by atoms with Crippen molar-refractivity contribution in [2.75, 3.05) is 13.1 Å². The molecule has 1 unspecified atom stereocenters. The number of amides is 3. The molecule has 2 fully saturated rings. The molecule has 5 rings (SSSR count). The van der Waals surface area contributed by atoms with Crippen LogP contribution in [0.15, 0.2) is 18.2 Å². The number of fused-ring (bicyclic) bond motifs is 1. The highest BCUT2D eigenvalue weighted by Gasteiger charge is 2.33. The number of ether oxygens (including phenoxy) is 1. The van der Waals surface area contributed by atoms with E-state index in [-0.39, 0.29) is 23.8 Å². The third kappa shape index (κ3) is 4.06. The minimum Gasteiger partial charge on any atom is -0.488 e. The van der Waals surface area contributed by atoms with Gasteiger partial charge in [0.1, 0.15) is 22.2 Å². The lowest BCUT2D eigenvalue weighted by molar-refractivity contribution is -0.134. The fourth-order valence-electron chi connectivity index (χ4n) is 4.86. The number of aryl methyl sites for hydroxylation is 3. The van der Waals surface area contributed by atoms with Gasteiger partial charge in [0.2, 0.25) is 11.8 Å². The number of piperidine rings is 2. The molecule has 10 heteroatoms. The van der Waals surface area contributed by atoms with Crippen molar-refractivity contribution in [3.63, 3.8) is 0 Å². The van der Waals surface area contributed by atoms with Crippen molar-refractivity contribution in [3.05, 3.63) is 39.5 Å². The number of nitrogens with zero attached hydrogens (tertiary/aromatic N) is 4. The average molecular weight is 482 g/mol. The van der Waals surface area contributed by atoms with Gasteiger partial charge in [-0.15, -0.1) is 11.3 Å². The number of aromatic nitrogens is 3. The normalized spacial score (nSPS) is 19.5. The number of benzene rings is 1. The highest BCUT2D eigenvalue weighted by molar-refractivity contribution is 7.13. The van der Waals surface area contributed by atoms with Crippen LogP contribution in [0.1, 0.15) is 57.7 Å². The Labute approximate surface area is 201 Å². The lowest BCUT2D eigenvalue weighted by atomic mass is 9.93. The molecule has 3 amide bonds. The number of likely N-dealkylation sites (tertiary alicyclic amines) is 1. The second kappa shape index (κ2) is 8.83. The van der Waals surface area contributed by atoms with E-state index < -0.39 is 5.92 Å². The van der Waals surface area contributed by atoms with Gasteiger partial charge in [0, 0.05) is 44.8 Å². The Balaban J connectivity index is 1.31. The van der Waals surface area contributed by atoms with Gasteiger partial charge < -0.3 is 9.64 Å². The Morgan fingerprint density at radius 3 is 2.62 bits per heavy atom. The number of rotatable bonds is 4. The van der Waals surface area contributed by atoms with Crippen LogP contribution in [0.25, 0.3) is 10.9 Å². The standard InChI is InChI=1S/C24H27N5O4S/c1-13-22(34-14(2)25-13)24(32)29-11-9-15(10-12-29)33-18-6-4-5-16-20(27-28(3)21(16)18)17-7-8-19(30)26-23(17)31/h4-6,15,17H,7-12H2,1-3H3,(H,26,30,31). The summed E-state index contributed by atoms with van der Waals surface area (Å²) in [6.45, 7) is 5.05. The van der Waals surface area contributed by atoms with Gasteiger partial charge in [-0.1, -0.05) is 12.1 Å². The number of para-hydroxylation sites is 1. The quantitative estimate of drug-likeness (QED) is 0.575. The number of carbonyl (C=O) groups excluding carboxylic acids is 3. The number of nitrogens with one attached hydrogen (secondary N) is 1. The van der Waals surface area contributed by atoms with Crippen LogP contribution in [-0.2, 0) is 16.6 Å². The predicted molar refractivity (Wildman–Crippen MR) is 127 cm³/mol. The van der Waals surface area contributed by atoms with Gasteiger partial charge in [0.15, 0.2) is 0 Å². The van der Waals surface area contributed by atoms with Gasteiger partial charge in [-0.05, 0) is 26.3 Å². The Morgan fingerprint density at radius 1 is 1.18 bits per heavy atom. The summed E-state index contributed by atoms with van der Waals surface area (Å²) in [5, 5.41) is 8.81. The molecule has 4 heterocycles. The molecule has 0 spiro atoms. The SMILES string of the molecule is Cc1nc(C)c(C(=O)N2CCC(Oc3cccc4c(C5CCC(=O)NC5=O)nn(C)c34)CC2)s1. The summed E-state index contributed by atoms with van der Waals surface area (Å²) in [4.78, 5) is 43.9. The smallest absolute Gasteiger partial charge is 0.265 e. The molecule has 3 aromatic rings. The maximum atomic E-state index is 12.9. The molecule has 1 atom stereocenters. The second-order valence-corrected chi connectivity index (χ2v) is 10.1. The van der Waals surface area contributed by atoms with Gasteiger partial charge in [0.05, 0.1) is 22.3 Å². The molecule has 34 heavy (non-hydrogen) atoms. The molecular formula is C24H27N5O4S. The minimum atomic E-state index is -0.454. The summed E-state index contributed by atoms with van der Waals surface area (Å²) in [7, 11) is 1.84. The molecule has 1 N–H and O–H groups in total. The van der Waals surface area contributed by atoms with Crippen molar-refractivity contribution < 1.29 is 19.1 Å². The van der Waals surface area contributed by atoms with E-state index in [0.717, 1.165) is 39.3 Å². The first kappa shape index (κ1) is 22.5. The van der Waals surface area contributed by atoms with Gasteiger partial charge in [-0.25, -0.2) is 4.98 Å². The van der Waals surface area contributed by atoms with Gasteiger partial charge in [-0.3, -0.25) is 24.4 Å². The zero-order valence-corrected chi connectivity index (χ0v) is 20.3. The van der Waals surface area contributed by atoms with E-state index in [9.17, 15) is 14.4 Å². The molecule has 0 saturated carbocycles. The van der Waals surface area contributed by atoms with E-state index in [1.807, 2.05) is 44.0 Å². The fourth-order valence-corrected chi connectivity index (χ4v) is 5.75. The summed E-state index contributed by atoms with van der Waals surface area (Å²) in [5.74, 6) is -0.236. The van der Waals surface area contributed by atoms with E-state index in [1.165, 1.54) is 11.3 Å². The fraction of sp³-hybridized carbons (Fsp3) is 0.458. The number of thiazole rings is 1. The summed E-state index contributed by atoms with van der Waals surface area (Å²) in [6, 6.07) is 5.76. The summed E-state index contributed by atoms with van der Waals surface area (Å²) < 4.78 is 8.14. The van der Waals surface area contributed by atoms with E-state index in [2.05, 4.69) is 15.4 Å². The molecule has 2 aromatic heterocycles. The predicted octanol–water partition coefficient (Wildman–Crippen LogP) is 2.85. The van der Waals surface area contributed by atoms with Gasteiger partial charge in [0.25, 0.3) is 5.91 Å². The van der Waals surface area contributed by atoms with Crippen molar-refractivity contribution in [1.29, 1.82) is 0 Å². The highest BCUT2D eigenvalue weighted by atomic mass is 32.1. The topological polar surface area (TPSA) is 106 Å². The molecule has 2 aliphatic rings. The van der Waals surface area contributed by atoms with Crippen LogP contribution >= 0.6 is 11.3 Å². The molecule has 2 saturated heterocycles. The third-order valence-corrected chi connectivity index (χ3v) is 7.61. The molecule has 9 nitrogen and oxygen atoms in total. The zero-order chi connectivity index (χ0) is 24.0. The van der Waals surface area contributed by atoms with Crippen LogP contribution in [-0.4, -0.2) is 56.6 Å². The number of carbonyl (C=O) groups is 3. The monoisotopic (exact) mass is 481 g/mol. The third-order valence-electron chi connectivity index (χ3n) is 6.55. The van der Waals surface area contributed by atoms with E-state index in [0.29, 0.717) is 37.4 Å². The second-order valence-electron chi connectivity index (χ2n) is 8.92. The van der Waals surface area contributed by atoms with E-state index in [4.69, 9.17) is 4.74 Å².